The van der Waals surface area contributed by atoms with E-state index < -0.39 is 55.7 Å². The van der Waals surface area contributed by atoms with Crippen LogP contribution >= 0.6 is 0 Å². The number of esters is 1. The molecule has 13 heteroatoms. The van der Waals surface area contributed by atoms with Crippen LogP contribution in [0.3, 0.4) is 0 Å². The van der Waals surface area contributed by atoms with Crippen molar-refractivity contribution in [3.8, 4) is 22.9 Å². The van der Waals surface area contributed by atoms with Gasteiger partial charge in [-0.15, -0.1) is 0 Å². The summed E-state index contributed by atoms with van der Waals surface area (Å²) >= 11 is 0. The number of hydrogen-bond acceptors (Lipinski definition) is 10. The van der Waals surface area contributed by atoms with Crippen LogP contribution < -0.4 is 14.2 Å². The Morgan fingerprint density at radius 2 is 1.67 bits per heavy atom. The van der Waals surface area contributed by atoms with Gasteiger partial charge in [0, 0.05) is 23.8 Å². The number of sulfonamides is 1. The molecule has 0 bridgehead atoms. The Hall–Kier alpha value is -4.78. The summed E-state index contributed by atoms with van der Waals surface area (Å²) in [6.07, 6.45) is 6.37. The summed E-state index contributed by atoms with van der Waals surface area (Å²) in [4.78, 5) is 64.4. The molecule has 3 heterocycles. The van der Waals surface area contributed by atoms with Crippen molar-refractivity contribution in [2.75, 3.05) is 13.7 Å². The third-order valence-electron chi connectivity index (χ3n) is 13.9. The number of fused-ring (bicyclic) bond motifs is 3. The lowest BCUT2D eigenvalue weighted by Crippen LogP contribution is -2.48. The van der Waals surface area contributed by atoms with Gasteiger partial charge in [0.05, 0.1) is 47.9 Å². The van der Waals surface area contributed by atoms with Gasteiger partial charge in [0.2, 0.25) is 27.7 Å². The lowest BCUT2D eigenvalue weighted by atomic mass is 9.82. The van der Waals surface area contributed by atoms with Crippen molar-refractivity contribution in [1.29, 1.82) is 0 Å². The Morgan fingerprint density at radius 3 is 2.31 bits per heavy atom. The van der Waals surface area contributed by atoms with Crippen molar-refractivity contribution in [2.24, 2.45) is 29.1 Å². The first-order valence-electron chi connectivity index (χ1n) is 23.0. The normalized spacial score (nSPS) is 27.9. The van der Waals surface area contributed by atoms with E-state index in [1.54, 1.807) is 39.7 Å². The van der Waals surface area contributed by atoms with E-state index in [-0.39, 0.29) is 60.7 Å². The highest BCUT2D eigenvalue weighted by Crippen LogP contribution is 2.58. The second kappa shape index (κ2) is 17.5. The number of rotatable bonds is 9. The number of methoxy groups -OCH3 is 1. The van der Waals surface area contributed by atoms with Crippen molar-refractivity contribution in [2.45, 2.75) is 148 Å². The molecule has 12 nitrogen and oxygen atoms in total. The first-order chi connectivity index (χ1) is 29.9. The molecule has 2 saturated carbocycles. The molecule has 2 aliphatic heterocycles. The molecule has 1 saturated heterocycles. The van der Waals surface area contributed by atoms with Crippen LogP contribution in [0.4, 0.5) is 0 Å². The molecule has 7 rings (SSSR count). The van der Waals surface area contributed by atoms with Gasteiger partial charge in [-0.1, -0.05) is 71.0 Å². The molecule has 3 aromatic rings. The van der Waals surface area contributed by atoms with Gasteiger partial charge in [0.1, 0.15) is 17.5 Å². The lowest BCUT2D eigenvalue weighted by molar-refractivity contribution is -0.160. The van der Waals surface area contributed by atoms with E-state index >= 15 is 4.79 Å². The molecule has 0 spiro atoms. The predicted octanol–water partition coefficient (Wildman–Crippen LogP) is 8.88. The maximum absolute atomic E-state index is 15.2. The van der Waals surface area contributed by atoms with E-state index in [2.05, 4.69) is 44.5 Å². The molecule has 0 radical (unpaired) electrons. The Bertz CT molecular complexity index is 2430. The summed E-state index contributed by atoms with van der Waals surface area (Å²) in [5, 5.41) is 1.55. The lowest BCUT2D eigenvalue weighted by Gasteiger charge is -2.32. The second-order valence-corrected chi connectivity index (χ2v) is 23.6. The highest BCUT2D eigenvalue weighted by atomic mass is 32.2. The van der Waals surface area contributed by atoms with Crippen molar-refractivity contribution < 1.29 is 41.8 Å². The third-order valence-corrected chi connectivity index (χ3v) is 16.1. The molecule has 0 unspecified atom stereocenters. The van der Waals surface area contributed by atoms with Gasteiger partial charge < -0.3 is 19.1 Å². The van der Waals surface area contributed by atoms with E-state index in [9.17, 15) is 22.8 Å². The first kappa shape index (κ1) is 47.2. The number of ketones is 1. The number of benzene rings is 2. The van der Waals surface area contributed by atoms with Gasteiger partial charge in [-0.05, 0) is 125 Å². The van der Waals surface area contributed by atoms with Crippen molar-refractivity contribution >= 4 is 44.4 Å². The number of Topliss-reactive ketones (excluding diaryl/α,β-unsaturated/α-hetero) is 1. The van der Waals surface area contributed by atoms with Crippen LogP contribution in [-0.4, -0.2) is 78.0 Å². The summed E-state index contributed by atoms with van der Waals surface area (Å²) in [7, 11) is -2.37. The van der Waals surface area contributed by atoms with Crippen molar-refractivity contribution in [1.82, 2.24) is 14.6 Å². The Labute approximate surface area is 379 Å². The minimum atomic E-state index is -3.98. The highest BCUT2D eigenvalue weighted by Gasteiger charge is 2.62. The number of nitrogens with one attached hydrogen (secondary N) is 1. The summed E-state index contributed by atoms with van der Waals surface area (Å²) in [5.74, 6) is -2.09. The summed E-state index contributed by atoms with van der Waals surface area (Å²) < 4.78 is 46.3. The topological polar surface area (TPSA) is 158 Å². The van der Waals surface area contributed by atoms with Gasteiger partial charge in [0.25, 0.3) is 0 Å². The molecular formula is C51H67N3O9S. The zero-order valence-electron chi connectivity index (χ0n) is 39.3. The minimum absolute atomic E-state index is 0.0292. The number of allylic oxidation sites excluding steroid dienone is 2. The van der Waals surface area contributed by atoms with Crippen molar-refractivity contribution in [3.63, 3.8) is 0 Å². The predicted molar refractivity (Wildman–Crippen MR) is 247 cm³/mol. The summed E-state index contributed by atoms with van der Waals surface area (Å²) in [6, 6.07) is 14.9. The molecule has 64 heavy (non-hydrogen) atoms. The van der Waals surface area contributed by atoms with Crippen LogP contribution in [-0.2, 0) is 39.4 Å². The Morgan fingerprint density at radius 1 is 0.969 bits per heavy atom. The molecule has 2 amide bonds. The molecule has 2 aliphatic carbocycles. The summed E-state index contributed by atoms with van der Waals surface area (Å²) in [5.41, 5.74) is 0.640. The minimum Gasteiger partial charge on any atom is -0.497 e. The first-order valence-corrected chi connectivity index (χ1v) is 24.4. The SMILES string of the molecule is COc1ccc2c(O[C@@H]3C[C@H]4C(=O)C[C@]5(C(=O)NS(=O)(=O)C6(C)CC6)C[C@H]5/C=C\CC[C@@H](C)C[C@@H](C)[C@H](CC(=O)OC(C)(C)C)C(=O)N4C3)nc(-c3ccc(C(C)(C)C)cc3)cc2c1. The number of ether oxygens (including phenoxy) is 3. The highest BCUT2D eigenvalue weighted by molar-refractivity contribution is 7.91. The molecule has 1 N–H and O–H groups in total. The fraction of sp³-hybridized carbons (Fsp3) is 0.588. The number of pyridine rings is 1. The summed E-state index contributed by atoms with van der Waals surface area (Å²) in [6.45, 7) is 17.6. The third kappa shape index (κ3) is 10.2. The average molecular weight is 898 g/mol. The average Bonchev–Trinajstić information content (AvgIpc) is 4.10. The quantitative estimate of drug-likeness (QED) is 0.163. The molecular weight excluding hydrogens is 831 g/mol. The monoisotopic (exact) mass is 897 g/mol. The smallest absolute Gasteiger partial charge is 0.307 e. The zero-order valence-corrected chi connectivity index (χ0v) is 40.1. The molecule has 1 aromatic heterocycles. The van der Waals surface area contributed by atoms with Crippen LogP contribution in [0.5, 0.6) is 11.6 Å². The number of nitrogens with zero attached hydrogens (tertiary/aromatic N) is 2. The van der Waals surface area contributed by atoms with Crippen LogP contribution in [0.2, 0.25) is 0 Å². The zero-order chi connectivity index (χ0) is 46.6. The molecule has 2 aromatic carbocycles. The van der Waals surface area contributed by atoms with Crippen LogP contribution in [0.15, 0.2) is 60.7 Å². The Balaban J connectivity index is 1.26. The second-order valence-electron chi connectivity index (χ2n) is 21.4. The molecule has 7 atom stereocenters. The van der Waals surface area contributed by atoms with E-state index in [0.717, 1.165) is 22.8 Å². The van der Waals surface area contributed by atoms with Crippen LogP contribution in [0, 0.1) is 29.1 Å². The van der Waals surface area contributed by atoms with Crippen LogP contribution in [0.25, 0.3) is 22.0 Å². The standard InChI is InChI=1S/C51H67N3O9S/c1-31-13-11-12-14-36-28-51(36,47(58)53-64(59,60)50(9)21-22-50)29-43(55)42-26-38(30-54(42)46(57)40(32(2)23-31)27-44(56)63-49(6,7)8)62-45-39-20-19-37(61-10)24-34(39)25-41(52-45)33-15-17-35(18-16-33)48(3,4)5/h12,14-20,24-25,31-32,36,38,40,42H,11,13,21-23,26-30H2,1-10H3,(H,53,58)/b14-12-/t31-,32-,36-,38-,40+,42+,51-/m1/s1. The number of carbonyl (C=O) groups excluding carboxylic acids is 4. The van der Waals surface area contributed by atoms with Gasteiger partial charge in [-0.25, -0.2) is 13.4 Å². The molecule has 3 fully saturated rings. The van der Waals surface area contributed by atoms with E-state index in [1.807, 2.05) is 55.5 Å². The fourth-order valence-electron chi connectivity index (χ4n) is 9.52. The van der Waals surface area contributed by atoms with Gasteiger partial charge in [-0.3, -0.25) is 23.9 Å². The number of aromatic nitrogens is 1. The van der Waals surface area contributed by atoms with Crippen molar-refractivity contribution in [3.05, 3.63) is 66.2 Å². The van der Waals surface area contributed by atoms with Gasteiger partial charge in [-0.2, -0.15) is 0 Å². The van der Waals surface area contributed by atoms with Crippen LogP contribution in [0.1, 0.15) is 126 Å². The molecule has 4 aliphatic rings. The number of amides is 2. The maximum Gasteiger partial charge on any atom is 0.307 e. The number of hydrogen-bond donors (Lipinski definition) is 1. The van der Waals surface area contributed by atoms with Gasteiger partial charge in [0.15, 0.2) is 5.78 Å². The Kier molecular flexibility index (Phi) is 12.9. The van der Waals surface area contributed by atoms with E-state index in [0.29, 0.717) is 49.4 Å². The fourth-order valence-corrected chi connectivity index (χ4v) is 10.8. The molecule has 346 valence electrons. The van der Waals surface area contributed by atoms with E-state index in [4.69, 9.17) is 19.2 Å². The number of carbonyl (C=O) groups is 4. The van der Waals surface area contributed by atoms with Gasteiger partial charge >= 0.3 is 5.97 Å². The maximum atomic E-state index is 15.2. The van der Waals surface area contributed by atoms with E-state index in [1.165, 1.54) is 5.56 Å². The largest absolute Gasteiger partial charge is 0.497 e.